The van der Waals surface area contributed by atoms with E-state index in [4.69, 9.17) is 0 Å². The average molecular weight is 841 g/mol. The highest BCUT2D eigenvalue weighted by Crippen LogP contribution is 2.50. The van der Waals surface area contributed by atoms with Crippen LogP contribution in [-0.2, 0) is 16.2 Å². The maximum Gasteiger partial charge on any atom is 0.0565 e. The second-order valence-corrected chi connectivity index (χ2v) is 23.0. The monoisotopic (exact) mass is 841 g/mol. The Labute approximate surface area is 384 Å². The van der Waals surface area contributed by atoms with Crippen molar-refractivity contribution >= 4 is 28.5 Å². The van der Waals surface area contributed by atoms with Gasteiger partial charge >= 0.3 is 0 Å². The fraction of sp³-hybridized carbons (Fsp3) is 0.443. The lowest BCUT2D eigenvalue weighted by Crippen LogP contribution is -2.27. The Bertz CT molecular complexity index is 2500. The van der Waals surface area contributed by atoms with E-state index in [0.29, 0.717) is 5.92 Å². The molecule has 0 unspecified atom stereocenters. The summed E-state index contributed by atoms with van der Waals surface area (Å²) in [5, 5.41) is 0. The third-order valence-electron chi connectivity index (χ3n) is 13.8. The summed E-state index contributed by atoms with van der Waals surface area (Å²) < 4.78 is 0. The van der Waals surface area contributed by atoms with Gasteiger partial charge < -0.3 is 9.80 Å². The lowest BCUT2D eigenvalue weighted by atomic mass is 9.80. The summed E-state index contributed by atoms with van der Waals surface area (Å²) in [5.74, 6) is 0.579. The van der Waals surface area contributed by atoms with Crippen LogP contribution in [0.15, 0.2) is 120 Å². The van der Waals surface area contributed by atoms with Crippen LogP contribution in [0.1, 0.15) is 173 Å². The molecule has 2 aliphatic carbocycles. The standard InChI is InChI=1S/C61H80N2/c1-20-40(3)56(50-23-21-25-52(42(50)5)60(14,15)16)62(48-33-29-46(30-34-48)58(8,9)10)54-37-39(2)38-55(44(54)7)63(49-35-31-47(32-36-49)59(11,12)13)57(41(4)45-27-28-45)51-24-22-26-53(43(51)6)61(17,18)19/h20-26,29-31,33-35,37-38,45H,1,27-28,32,36H2,2-19H3/b56-40+,57-41+. The fourth-order valence-corrected chi connectivity index (χ4v) is 9.87. The van der Waals surface area contributed by atoms with Crippen molar-refractivity contribution in [3.8, 4) is 0 Å². The van der Waals surface area contributed by atoms with Gasteiger partial charge in [-0.3, -0.25) is 0 Å². The minimum absolute atomic E-state index is 0.0149. The number of allylic oxidation sites excluding steroid dienone is 7. The quantitative estimate of drug-likeness (QED) is 0.147. The van der Waals surface area contributed by atoms with E-state index in [1.165, 1.54) is 96.8 Å². The Balaban J connectivity index is 1.74. The average Bonchev–Trinajstić information content (AvgIpc) is 4.05. The van der Waals surface area contributed by atoms with E-state index in [1.807, 2.05) is 6.08 Å². The third kappa shape index (κ3) is 9.96. The third-order valence-corrected chi connectivity index (χ3v) is 13.8. The van der Waals surface area contributed by atoms with Gasteiger partial charge in [0.05, 0.1) is 22.8 Å². The molecule has 1 saturated carbocycles. The number of nitrogens with zero attached hydrogens (tertiary/aromatic N) is 2. The molecule has 0 radical (unpaired) electrons. The molecular formula is C61H80N2. The van der Waals surface area contributed by atoms with E-state index in [0.717, 1.165) is 29.8 Å². The normalized spacial score (nSPS) is 15.9. The largest absolute Gasteiger partial charge is 0.313 e. The second-order valence-electron chi connectivity index (χ2n) is 23.0. The van der Waals surface area contributed by atoms with Crippen LogP contribution in [0.25, 0.3) is 11.4 Å². The van der Waals surface area contributed by atoms with E-state index >= 15 is 0 Å². The molecule has 0 spiro atoms. The number of benzene rings is 4. The lowest BCUT2D eigenvalue weighted by molar-refractivity contribution is 0.479. The Morgan fingerprint density at radius 3 is 1.51 bits per heavy atom. The van der Waals surface area contributed by atoms with E-state index in [9.17, 15) is 0 Å². The highest BCUT2D eigenvalue weighted by molar-refractivity contribution is 5.96. The molecule has 334 valence electrons. The Kier molecular flexibility index (Phi) is 13.3. The first-order valence-corrected chi connectivity index (χ1v) is 23.7. The highest BCUT2D eigenvalue weighted by atomic mass is 15.2. The van der Waals surface area contributed by atoms with Crippen LogP contribution in [0.3, 0.4) is 0 Å². The van der Waals surface area contributed by atoms with E-state index < -0.39 is 0 Å². The summed E-state index contributed by atoms with van der Waals surface area (Å²) in [6.07, 6.45) is 11.4. The second kappa shape index (κ2) is 17.6. The van der Waals surface area contributed by atoms with Crippen molar-refractivity contribution in [2.45, 2.75) is 167 Å². The molecule has 0 saturated heterocycles. The summed E-state index contributed by atoms with van der Waals surface area (Å²) in [4.78, 5) is 5.26. The minimum Gasteiger partial charge on any atom is -0.313 e. The molecule has 0 heterocycles. The van der Waals surface area contributed by atoms with Crippen LogP contribution in [0.2, 0.25) is 0 Å². The van der Waals surface area contributed by atoms with Crippen molar-refractivity contribution in [3.05, 3.63) is 170 Å². The molecule has 0 amide bonds. The van der Waals surface area contributed by atoms with Crippen LogP contribution >= 0.6 is 0 Å². The van der Waals surface area contributed by atoms with Crippen molar-refractivity contribution in [2.24, 2.45) is 11.3 Å². The van der Waals surface area contributed by atoms with Crippen LogP contribution in [-0.4, -0.2) is 0 Å². The Hall–Kier alpha value is -4.82. The van der Waals surface area contributed by atoms with Crippen molar-refractivity contribution < 1.29 is 0 Å². The van der Waals surface area contributed by atoms with Gasteiger partial charge in [-0.1, -0.05) is 156 Å². The summed E-state index contributed by atoms with van der Waals surface area (Å²) in [6, 6.07) is 28.1. The highest BCUT2D eigenvalue weighted by Gasteiger charge is 2.35. The van der Waals surface area contributed by atoms with Gasteiger partial charge in [-0.25, -0.2) is 0 Å². The zero-order chi connectivity index (χ0) is 46.6. The maximum atomic E-state index is 4.41. The number of rotatable bonds is 10. The molecule has 0 N–H and O–H groups in total. The lowest BCUT2D eigenvalue weighted by Gasteiger charge is -2.39. The zero-order valence-corrected chi connectivity index (χ0v) is 42.7. The van der Waals surface area contributed by atoms with Crippen LogP contribution in [0, 0.1) is 39.0 Å². The van der Waals surface area contributed by atoms with Gasteiger partial charge in [-0.15, -0.1) is 0 Å². The van der Waals surface area contributed by atoms with E-state index in [-0.39, 0.29) is 21.7 Å². The molecule has 2 aliphatic rings. The molecule has 6 rings (SSSR count). The Morgan fingerprint density at radius 1 is 0.571 bits per heavy atom. The number of hydrogen-bond acceptors (Lipinski definition) is 2. The smallest absolute Gasteiger partial charge is 0.0565 e. The molecule has 0 aromatic heterocycles. The van der Waals surface area contributed by atoms with Crippen LogP contribution in [0.5, 0.6) is 0 Å². The Morgan fingerprint density at radius 2 is 1.08 bits per heavy atom. The SMILES string of the molecule is C=C/C(C)=C(\c1cccc(C(C)(C)C)c1C)N(c1ccc(C(C)(C)C)cc1)c1cc(C)cc(N(C2=CC=C(C(C)(C)C)CC2)/C(=C(\C)C2CC2)c2cccc(C(C)(C)C)c2C)c1C. The van der Waals surface area contributed by atoms with Crippen molar-refractivity contribution in [3.63, 3.8) is 0 Å². The first kappa shape index (κ1) is 47.7. The predicted octanol–water partition coefficient (Wildman–Crippen LogP) is 17.9. The van der Waals surface area contributed by atoms with E-state index in [2.05, 4.69) is 226 Å². The van der Waals surface area contributed by atoms with Gasteiger partial charge in [0.1, 0.15) is 0 Å². The molecular weight excluding hydrogens is 761 g/mol. The van der Waals surface area contributed by atoms with Gasteiger partial charge in [0.2, 0.25) is 0 Å². The topological polar surface area (TPSA) is 6.48 Å². The molecule has 2 nitrogen and oxygen atoms in total. The molecule has 1 fully saturated rings. The van der Waals surface area contributed by atoms with Crippen molar-refractivity contribution in [2.75, 3.05) is 9.80 Å². The van der Waals surface area contributed by atoms with Gasteiger partial charge in [-0.2, -0.15) is 0 Å². The number of aryl methyl sites for hydroxylation is 1. The molecule has 0 atom stereocenters. The van der Waals surface area contributed by atoms with Crippen molar-refractivity contribution in [1.29, 1.82) is 0 Å². The summed E-state index contributed by atoms with van der Waals surface area (Å²) >= 11 is 0. The van der Waals surface area contributed by atoms with Crippen LogP contribution < -0.4 is 9.80 Å². The predicted molar refractivity (Wildman–Crippen MR) is 278 cm³/mol. The fourth-order valence-electron chi connectivity index (χ4n) is 9.87. The first-order chi connectivity index (χ1) is 29.2. The molecule has 0 aliphatic heterocycles. The van der Waals surface area contributed by atoms with Gasteiger partial charge in [0.15, 0.2) is 0 Å². The summed E-state index contributed by atoms with van der Waals surface area (Å²) in [6.45, 7) is 46.4. The molecule has 63 heavy (non-hydrogen) atoms. The molecule has 0 bridgehead atoms. The van der Waals surface area contributed by atoms with E-state index in [1.54, 1.807) is 0 Å². The number of anilines is 3. The van der Waals surface area contributed by atoms with Gasteiger partial charge in [0.25, 0.3) is 0 Å². The van der Waals surface area contributed by atoms with Gasteiger partial charge in [-0.05, 0) is 175 Å². The van der Waals surface area contributed by atoms with Crippen molar-refractivity contribution in [1.82, 2.24) is 0 Å². The molecule has 2 heteroatoms. The summed E-state index contributed by atoms with van der Waals surface area (Å²) in [7, 11) is 0. The summed E-state index contributed by atoms with van der Waals surface area (Å²) in [5.41, 5.74) is 23.5. The van der Waals surface area contributed by atoms with Gasteiger partial charge in [0, 0.05) is 22.5 Å². The van der Waals surface area contributed by atoms with Crippen LogP contribution in [0.4, 0.5) is 17.1 Å². The molecule has 4 aromatic rings. The first-order valence-electron chi connectivity index (χ1n) is 23.7. The molecule has 4 aromatic carbocycles. The zero-order valence-electron chi connectivity index (χ0n) is 42.7. The minimum atomic E-state index is -0.0149. The maximum absolute atomic E-state index is 4.41. The number of hydrogen-bond donors (Lipinski definition) is 0.